The molecule has 0 aliphatic carbocycles. The van der Waals surface area contributed by atoms with Crippen LogP contribution in [0.25, 0.3) is 87.2 Å². The monoisotopic (exact) mass is 666 g/mol. The molecule has 0 fully saturated rings. The molecule has 0 saturated heterocycles. The van der Waals surface area contributed by atoms with E-state index in [1.54, 1.807) is 24.3 Å². The van der Waals surface area contributed by atoms with Gasteiger partial charge < -0.3 is 19.9 Å². The van der Waals surface area contributed by atoms with Crippen molar-refractivity contribution >= 4 is 87.2 Å². The van der Waals surface area contributed by atoms with Crippen LogP contribution in [0.3, 0.4) is 0 Å². The highest BCUT2D eigenvalue weighted by atomic mass is 16.1. The minimum atomic E-state index is -0.0314. The molecule has 4 aromatic heterocycles. The van der Waals surface area contributed by atoms with Crippen molar-refractivity contribution in [1.29, 1.82) is 0 Å². The highest BCUT2D eigenvalue weighted by Crippen LogP contribution is 2.24. The van der Waals surface area contributed by atoms with Gasteiger partial charge in [-0.1, -0.05) is 47.0 Å². The molecule has 0 unspecified atom stereocenters. The van der Waals surface area contributed by atoms with Gasteiger partial charge in [0, 0.05) is 65.2 Å². The van der Waals surface area contributed by atoms with Gasteiger partial charge in [-0.2, -0.15) is 0 Å². The van der Waals surface area contributed by atoms with Crippen molar-refractivity contribution in [3.05, 3.63) is 161 Å². The third kappa shape index (κ3) is 4.83. The van der Waals surface area contributed by atoms with E-state index in [9.17, 15) is 19.2 Å². The summed E-state index contributed by atoms with van der Waals surface area (Å²) in [4.78, 5) is 64.8. The Labute approximate surface area is 288 Å². The molecular formula is C43H30N4O4. The Balaban J connectivity index is 0.000000137. The van der Waals surface area contributed by atoms with Crippen LogP contribution in [0.2, 0.25) is 0 Å². The largest absolute Gasteiger partial charge is 0.354 e. The fourth-order valence-electron chi connectivity index (χ4n) is 7.18. The predicted molar refractivity (Wildman–Crippen MR) is 210 cm³/mol. The van der Waals surface area contributed by atoms with Crippen LogP contribution in [0.1, 0.15) is 16.7 Å². The zero-order valence-electron chi connectivity index (χ0n) is 27.9. The Morgan fingerprint density at radius 3 is 0.922 bits per heavy atom. The van der Waals surface area contributed by atoms with Crippen LogP contribution in [0.15, 0.2) is 122 Å². The first kappa shape index (κ1) is 30.3. The number of para-hydroxylation sites is 1. The molecule has 246 valence electrons. The summed E-state index contributed by atoms with van der Waals surface area (Å²) in [6.45, 7) is 5.90. The van der Waals surface area contributed by atoms with Gasteiger partial charge in [0.15, 0.2) is 21.7 Å². The Bertz CT molecular complexity index is 3270. The van der Waals surface area contributed by atoms with Gasteiger partial charge in [0.2, 0.25) is 0 Å². The minimum Gasteiger partial charge on any atom is -0.354 e. The first-order chi connectivity index (χ1) is 24.6. The summed E-state index contributed by atoms with van der Waals surface area (Å²) in [5, 5.41) is 4.95. The van der Waals surface area contributed by atoms with Gasteiger partial charge >= 0.3 is 0 Å². The van der Waals surface area contributed by atoms with Gasteiger partial charge in [-0.05, 0) is 93.6 Å². The number of aryl methyl sites for hydroxylation is 3. The quantitative estimate of drug-likeness (QED) is 0.121. The predicted octanol–water partition coefficient (Wildman–Crippen LogP) is 8.28. The van der Waals surface area contributed by atoms with E-state index in [-0.39, 0.29) is 21.7 Å². The summed E-state index contributed by atoms with van der Waals surface area (Å²) in [7, 11) is 0. The Hall–Kier alpha value is -6.80. The maximum Gasteiger partial charge on any atom is 0.197 e. The SMILES string of the molecule is Cc1ccc2[nH]c3cc4c(=O)c5cc(C)ccc5[nH]c4cc3c(=O)c2c1.Cc1ccc2[nH]c3cc4c(=O)c5ccccc5[nH]c4cc3c(=O)c2c1. The summed E-state index contributed by atoms with van der Waals surface area (Å²) >= 11 is 0. The topological polar surface area (TPSA) is 131 Å². The number of nitrogens with one attached hydrogen (secondary N) is 4. The van der Waals surface area contributed by atoms with E-state index in [1.807, 2.05) is 99.6 Å². The second kappa shape index (κ2) is 11.1. The number of aromatic nitrogens is 4. The van der Waals surface area contributed by atoms with Crippen molar-refractivity contribution in [3.63, 3.8) is 0 Å². The molecule has 4 N–H and O–H groups in total. The average Bonchev–Trinajstić information content (AvgIpc) is 3.13. The molecule has 0 saturated carbocycles. The van der Waals surface area contributed by atoms with E-state index in [2.05, 4.69) is 19.9 Å². The summed E-state index contributed by atoms with van der Waals surface area (Å²) in [6.07, 6.45) is 0. The van der Waals surface area contributed by atoms with E-state index in [1.165, 1.54) is 0 Å². The second-order valence-corrected chi connectivity index (χ2v) is 13.4. The maximum absolute atomic E-state index is 13.0. The van der Waals surface area contributed by atoms with E-state index in [4.69, 9.17) is 0 Å². The van der Waals surface area contributed by atoms with Gasteiger partial charge in [0.1, 0.15) is 0 Å². The van der Waals surface area contributed by atoms with E-state index < -0.39 is 0 Å². The standard InChI is InChI=1S/C22H16N2O2.C21H14N2O2/c1-11-3-5-17-13(7-11)21(25)15-9-20-16(10-19(15)23-17)22(26)14-8-12(2)4-6-18(14)24-20;1-11-6-7-17-13(8-11)21(25)15-10-18-14(9-19(15)23-17)20(24)12-4-2-3-5-16(12)22-18/h3-10H,1-2H3,(H,23,25)(H,24,26);2-10H,1H3,(H,22,24)(H,23,25). The van der Waals surface area contributed by atoms with Crippen molar-refractivity contribution in [1.82, 2.24) is 19.9 Å². The lowest BCUT2D eigenvalue weighted by Gasteiger charge is -2.07. The third-order valence-corrected chi connectivity index (χ3v) is 9.80. The molecule has 4 heterocycles. The lowest BCUT2D eigenvalue weighted by atomic mass is 10.0. The molecular weight excluding hydrogens is 636 g/mol. The molecule has 10 aromatic rings. The summed E-state index contributed by atoms with van der Waals surface area (Å²) in [5.41, 5.74) is 8.82. The molecule has 0 bridgehead atoms. The van der Waals surface area contributed by atoms with E-state index >= 15 is 0 Å². The van der Waals surface area contributed by atoms with Crippen molar-refractivity contribution in [2.75, 3.05) is 0 Å². The minimum absolute atomic E-state index is 0.0239. The smallest absolute Gasteiger partial charge is 0.197 e. The average molecular weight is 667 g/mol. The number of hydrogen-bond acceptors (Lipinski definition) is 4. The summed E-state index contributed by atoms with van der Waals surface area (Å²) in [5.74, 6) is 0. The number of benzene rings is 6. The number of aromatic amines is 4. The zero-order valence-corrected chi connectivity index (χ0v) is 27.9. The van der Waals surface area contributed by atoms with Gasteiger partial charge in [-0.25, -0.2) is 0 Å². The second-order valence-electron chi connectivity index (χ2n) is 13.4. The van der Waals surface area contributed by atoms with Crippen LogP contribution in [-0.4, -0.2) is 19.9 Å². The fraction of sp³-hybridized carbons (Fsp3) is 0.0698. The Morgan fingerprint density at radius 2 is 0.569 bits per heavy atom. The van der Waals surface area contributed by atoms with Crippen molar-refractivity contribution in [3.8, 4) is 0 Å². The van der Waals surface area contributed by atoms with Crippen molar-refractivity contribution < 1.29 is 0 Å². The van der Waals surface area contributed by atoms with Crippen molar-refractivity contribution in [2.24, 2.45) is 0 Å². The first-order valence-electron chi connectivity index (χ1n) is 16.7. The van der Waals surface area contributed by atoms with Gasteiger partial charge in [0.05, 0.1) is 22.1 Å². The number of fused-ring (bicyclic) bond motifs is 8. The fourth-order valence-corrected chi connectivity index (χ4v) is 7.18. The van der Waals surface area contributed by atoms with Gasteiger partial charge in [0.25, 0.3) is 0 Å². The van der Waals surface area contributed by atoms with Crippen LogP contribution in [0.5, 0.6) is 0 Å². The molecule has 10 rings (SSSR count). The number of H-pyrrole nitrogens is 4. The van der Waals surface area contributed by atoms with Crippen molar-refractivity contribution in [2.45, 2.75) is 20.8 Å². The number of rotatable bonds is 0. The molecule has 0 radical (unpaired) electrons. The van der Waals surface area contributed by atoms with Crippen LogP contribution in [0.4, 0.5) is 0 Å². The zero-order chi connectivity index (χ0) is 35.1. The Morgan fingerprint density at radius 1 is 0.294 bits per heavy atom. The lowest BCUT2D eigenvalue weighted by Crippen LogP contribution is -2.08. The molecule has 0 aliphatic heterocycles. The summed E-state index contributed by atoms with van der Waals surface area (Å²) in [6, 6.07) is 31.8. The molecule has 51 heavy (non-hydrogen) atoms. The normalized spacial score (nSPS) is 11.7. The molecule has 8 nitrogen and oxygen atoms in total. The first-order valence-corrected chi connectivity index (χ1v) is 16.7. The molecule has 0 atom stereocenters. The third-order valence-electron chi connectivity index (χ3n) is 9.80. The molecule has 8 heteroatoms. The Kier molecular flexibility index (Phi) is 6.60. The van der Waals surface area contributed by atoms with Gasteiger partial charge in [-0.3, -0.25) is 19.2 Å². The van der Waals surface area contributed by atoms with Crippen LogP contribution in [-0.2, 0) is 0 Å². The lowest BCUT2D eigenvalue weighted by molar-refractivity contribution is 1.42. The van der Waals surface area contributed by atoms with E-state index in [0.29, 0.717) is 65.2 Å². The van der Waals surface area contributed by atoms with Gasteiger partial charge in [-0.15, -0.1) is 0 Å². The number of hydrogen-bond donors (Lipinski definition) is 4. The molecule has 0 aliphatic rings. The highest BCUT2D eigenvalue weighted by Gasteiger charge is 2.13. The van der Waals surface area contributed by atoms with Crippen LogP contribution in [0, 0.1) is 20.8 Å². The highest BCUT2D eigenvalue weighted by molar-refractivity contribution is 6.04. The molecule has 6 aromatic carbocycles. The van der Waals surface area contributed by atoms with Crippen LogP contribution >= 0.6 is 0 Å². The molecule has 0 amide bonds. The van der Waals surface area contributed by atoms with E-state index in [0.717, 1.165) is 38.8 Å². The maximum atomic E-state index is 13.0. The summed E-state index contributed by atoms with van der Waals surface area (Å²) < 4.78 is 0. The van der Waals surface area contributed by atoms with Crippen LogP contribution < -0.4 is 21.7 Å². The molecule has 0 spiro atoms. The number of pyridine rings is 4.